The van der Waals surface area contributed by atoms with Crippen LogP contribution in [0.3, 0.4) is 0 Å². The average molecular weight is 249 g/mol. The van der Waals surface area contributed by atoms with Gasteiger partial charge in [0.05, 0.1) is 24.1 Å². The van der Waals surface area contributed by atoms with Crippen molar-refractivity contribution in [3.05, 3.63) is 24.0 Å². The molecule has 18 heavy (non-hydrogen) atoms. The van der Waals surface area contributed by atoms with Gasteiger partial charge in [-0.1, -0.05) is 6.92 Å². The number of pyridine rings is 1. The molecule has 0 aliphatic rings. The molecule has 1 atom stereocenters. The molecule has 0 radical (unpaired) electrons. The van der Waals surface area contributed by atoms with E-state index >= 15 is 0 Å². The van der Waals surface area contributed by atoms with Crippen molar-refractivity contribution in [2.45, 2.75) is 13.0 Å². The fourth-order valence-corrected chi connectivity index (χ4v) is 2.01. The topological polar surface area (TPSA) is 61.4 Å². The molecule has 0 bridgehead atoms. The summed E-state index contributed by atoms with van der Waals surface area (Å²) in [6.45, 7) is 3.54. The van der Waals surface area contributed by atoms with Crippen molar-refractivity contribution in [2.75, 3.05) is 27.2 Å². The molecule has 0 amide bonds. The highest BCUT2D eigenvalue weighted by Gasteiger charge is 2.18. The second-order valence-corrected chi connectivity index (χ2v) is 4.36. The molecular weight excluding hydrogens is 230 g/mol. The monoisotopic (exact) mass is 249 g/mol. The van der Waals surface area contributed by atoms with Gasteiger partial charge in [-0.2, -0.15) is 0 Å². The SMILES string of the molecule is CCN(C)CC(O)c1c[nH]c2ccnc(OC)c12. The molecule has 2 aromatic rings. The number of likely N-dealkylation sites (N-methyl/N-ethyl adjacent to an activating group) is 1. The Balaban J connectivity index is 2.38. The van der Waals surface area contributed by atoms with Crippen LogP contribution in [0.15, 0.2) is 18.5 Å². The van der Waals surface area contributed by atoms with E-state index in [2.05, 4.69) is 21.8 Å². The maximum atomic E-state index is 10.3. The minimum atomic E-state index is -0.554. The van der Waals surface area contributed by atoms with Crippen molar-refractivity contribution < 1.29 is 9.84 Å². The number of H-pyrrole nitrogens is 1. The number of hydrogen-bond donors (Lipinski definition) is 2. The number of nitrogens with one attached hydrogen (secondary N) is 1. The zero-order valence-corrected chi connectivity index (χ0v) is 11.0. The van der Waals surface area contributed by atoms with Gasteiger partial charge >= 0.3 is 0 Å². The molecule has 0 spiro atoms. The fourth-order valence-electron chi connectivity index (χ4n) is 2.01. The van der Waals surface area contributed by atoms with E-state index in [0.717, 1.165) is 23.0 Å². The summed E-state index contributed by atoms with van der Waals surface area (Å²) in [4.78, 5) is 9.37. The Morgan fingerprint density at radius 1 is 1.56 bits per heavy atom. The van der Waals surface area contributed by atoms with Crippen LogP contribution in [0, 0.1) is 0 Å². The minimum absolute atomic E-state index is 0.543. The minimum Gasteiger partial charge on any atom is -0.480 e. The summed E-state index contributed by atoms with van der Waals surface area (Å²) < 4.78 is 5.25. The molecule has 2 N–H and O–H groups in total. The first kappa shape index (κ1) is 12.9. The molecule has 2 aromatic heterocycles. The molecule has 5 heteroatoms. The highest BCUT2D eigenvalue weighted by molar-refractivity contribution is 5.88. The van der Waals surface area contributed by atoms with Crippen LogP contribution in [0.25, 0.3) is 10.9 Å². The summed E-state index contributed by atoms with van der Waals surface area (Å²) in [5.41, 5.74) is 1.75. The van der Waals surface area contributed by atoms with Crippen molar-refractivity contribution >= 4 is 10.9 Å². The number of fused-ring (bicyclic) bond motifs is 1. The van der Waals surface area contributed by atoms with E-state index in [1.54, 1.807) is 13.3 Å². The van der Waals surface area contributed by atoms with Gasteiger partial charge in [-0.15, -0.1) is 0 Å². The number of aromatic amines is 1. The molecule has 0 fully saturated rings. The van der Waals surface area contributed by atoms with E-state index in [-0.39, 0.29) is 0 Å². The van der Waals surface area contributed by atoms with Gasteiger partial charge < -0.3 is 19.7 Å². The molecule has 0 saturated heterocycles. The first-order chi connectivity index (χ1) is 8.67. The van der Waals surface area contributed by atoms with Crippen LogP contribution in [0.4, 0.5) is 0 Å². The second kappa shape index (κ2) is 5.37. The van der Waals surface area contributed by atoms with Gasteiger partial charge in [0, 0.05) is 24.5 Å². The van der Waals surface area contributed by atoms with Crippen LogP contribution in [-0.4, -0.2) is 47.2 Å². The number of aliphatic hydroxyl groups excluding tert-OH is 1. The molecule has 98 valence electrons. The Bertz CT molecular complexity index is 524. The van der Waals surface area contributed by atoms with Crippen LogP contribution in [0.1, 0.15) is 18.6 Å². The zero-order chi connectivity index (χ0) is 13.1. The summed E-state index contributed by atoms with van der Waals surface area (Å²) in [5.74, 6) is 0.543. The quantitative estimate of drug-likeness (QED) is 0.844. The molecule has 1 unspecified atom stereocenters. The lowest BCUT2D eigenvalue weighted by molar-refractivity contribution is 0.130. The predicted octanol–water partition coefficient (Wildman–Crippen LogP) is 1.56. The maximum absolute atomic E-state index is 10.3. The van der Waals surface area contributed by atoms with Gasteiger partial charge in [-0.3, -0.25) is 0 Å². The smallest absolute Gasteiger partial charge is 0.222 e. The van der Waals surface area contributed by atoms with E-state index in [4.69, 9.17) is 4.74 Å². The number of hydrogen-bond acceptors (Lipinski definition) is 4. The van der Waals surface area contributed by atoms with Crippen molar-refractivity contribution in [3.63, 3.8) is 0 Å². The number of ether oxygens (including phenoxy) is 1. The van der Waals surface area contributed by atoms with Crippen LogP contribution < -0.4 is 4.74 Å². The summed E-state index contributed by atoms with van der Waals surface area (Å²) >= 11 is 0. The van der Waals surface area contributed by atoms with Gasteiger partial charge in [-0.25, -0.2) is 4.98 Å². The van der Waals surface area contributed by atoms with Crippen LogP contribution >= 0.6 is 0 Å². The van der Waals surface area contributed by atoms with Gasteiger partial charge in [0.25, 0.3) is 0 Å². The molecule has 0 aliphatic heterocycles. The summed E-state index contributed by atoms with van der Waals surface area (Å²) in [6.07, 6.45) is 2.96. The molecule has 2 rings (SSSR count). The number of nitrogens with zero attached hydrogens (tertiary/aromatic N) is 2. The molecule has 0 aromatic carbocycles. The highest BCUT2D eigenvalue weighted by Crippen LogP contribution is 2.30. The first-order valence-corrected chi connectivity index (χ1v) is 6.04. The van der Waals surface area contributed by atoms with E-state index < -0.39 is 6.10 Å². The average Bonchev–Trinajstić information content (AvgIpc) is 2.82. The third-order valence-electron chi connectivity index (χ3n) is 3.16. The Kier molecular flexibility index (Phi) is 3.84. The lowest BCUT2D eigenvalue weighted by Gasteiger charge is -2.18. The first-order valence-electron chi connectivity index (χ1n) is 6.04. The van der Waals surface area contributed by atoms with Crippen molar-refractivity contribution in [1.29, 1.82) is 0 Å². The van der Waals surface area contributed by atoms with Gasteiger partial charge in [0.2, 0.25) is 5.88 Å². The zero-order valence-electron chi connectivity index (χ0n) is 11.0. The Morgan fingerprint density at radius 2 is 2.33 bits per heavy atom. The third kappa shape index (κ3) is 2.32. The molecule has 5 nitrogen and oxygen atoms in total. The third-order valence-corrected chi connectivity index (χ3v) is 3.16. The molecule has 2 heterocycles. The van der Waals surface area contributed by atoms with Gasteiger partial charge in [0.1, 0.15) is 0 Å². The van der Waals surface area contributed by atoms with Gasteiger partial charge in [-0.05, 0) is 19.7 Å². The number of aliphatic hydroxyl groups is 1. The lowest BCUT2D eigenvalue weighted by Crippen LogP contribution is -2.24. The largest absolute Gasteiger partial charge is 0.480 e. The normalized spacial score (nSPS) is 13.2. The lowest BCUT2D eigenvalue weighted by atomic mass is 10.1. The summed E-state index contributed by atoms with van der Waals surface area (Å²) in [7, 11) is 3.57. The van der Waals surface area contributed by atoms with E-state index in [0.29, 0.717) is 12.4 Å². The number of aromatic nitrogens is 2. The predicted molar refractivity (Wildman–Crippen MR) is 70.8 cm³/mol. The van der Waals surface area contributed by atoms with E-state index in [9.17, 15) is 5.11 Å². The Hall–Kier alpha value is -1.59. The fraction of sp³-hybridized carbons (Fsp3) is 0.462. The summed E-state index contributed by atoms with van der Waals surface area (Å²) in [6, 6.07) is 1.87. The maximum Gasteiger partial charge on any atom is 0.222 e. The van der Waals surface area contributed by atoms with Crippen molar-refractivity contribution in [2.24, 2.45) is 0 Å². The Morgan fingerprint density at radius 3 is 3.00 bits per heavy atom. The van der Waals surface area contributed by atoms with Crippen LogP contribution in [0.2, 0.25) is 0 Å². The van der Waals surface area contributed by atoms with E-state index in [1.807, 2.05) is 19.3 Å². The standard InChI is InChI=1S/C13H19N3O2/c1-4-16(2)8-11(17)9-7-15-10-5-6-14-13(18-3)12(9)10/h5-7,11,15,17H,4,8H2,1-3H3. The molecule has 0 aliphatic carbocycles. The summed E-state index contributed by atoms with van der Waals surface area (Å²) in [5, 5.41) is 11.1. The number of rotatable bonds is 5. The van der Waals surface area contributed by atoms with Crippen LogP contribution in [-0.2, 0) is 0 Å². The van der Waals surface area contributed by atoms with Crippen molar-refractivity contribution in [1.82, 2.24) is 14.9 Å². The molecular formula is C13H19N3O2. The Labute approximate surface area is 106 Å². The van der Waals surface area contributed by atoms with E-state index in [1.165, 1.54) is 0 Å². The second-order valence-electron chi connectivity index (χ2n) is 4.36. The van der Waals surface area contributed by atoms with Crippen LogP contribution in [0.5, 0.6) is 5.88 Å². The highest BCUT2D eigenvalue weighted by atomic mass is 16.5. The van der Waals surface area contributed by atoms with Gasteiger partial charge in [0.15, 0.2) is 0 Å². The van der Waals surface area contributed by atoms with Crippen molar-refractivity contribution in [3.8, 4) is 5.88 Å². The number of methoxy groups -OCH3 is 1. The molecule has 0 saturated carbocycles.